The molecule has 0 saturated heterocycles. The summed E-state index contributed by atoms with van der Waals surface area (Å²) < 4.78 is -1.25. The van der Waals surface area contributed by atoms with Crippen LogP contribution in [0.1, 0.15) is 12.8 Å². The Hall–Kier alpha value is 1.08. The molecule has 0 aromatic rings. The molecule has 0 radical (unpaired) electrons. The van der Waals surface area contributed by atoms with E-state index in [1.807, 2.05) is 0 Å². The molecule has 0 spiro atoms. The zero-order chi connectivity index (χ0) is 9.57. The van der Waals surface area contributed by atoms with Gasteiger partial charge >= 0.3 is 0 Å². The van der Waals surface area contributed by atoms with E-state index in [0.29, 0.717) is 12.8 Å². The summed E-state index contributed by atoms with van der Waals surface area (Å²) in [5.41, 5.74) is 11.0. The molecule has 1 saturated carbocycles. The first-order valence-corrected chi connectivity index (χ1v) is 5.11. The molecule has 1 rings (SSSR count). The summed E-state index contributed by atoms with van der Waals surface area (Å²) in [5.74, 6) is 0. The second-order valence-corrected chi connectivity index (χ2v) is 5.60. The number of nitrogens with two attached hydrogens (primary N) is 2. The van der Waals surface area contributed by atoms with Crippen molar-refractivity contribution in [1.82, 2.24) is 0 Å². The van der Waals surface area contributed by atoms with Crippen LogP contribution in [0, 0.1) is 0 Å². The van der Waals surface area contributed by atoms with Crippen LogP contribution in [0.2, 0.25) is 0 Å². The molecule has 0 aromatic carbocycles. The van der Waals surface area contributed by atoms with Gasteiger partial charge in [0.15, 0.2) is 4.33 Å². The molecule has 2 nitrogen and oxygen atoms in total. The van der Waals surface area contributed by atoms with Crippen LogP contribution in [-0.4, -0.2) is 20.8 Å². The van der Waals surface area contributed by atoms with Crippen molar-refractivity contribution in [3.8, 4) is 0 Å². The van der Waals surface area contributed by atoms with Gasteiger partial charge in [-0.15, -0.1) is 23.2 Å². The molecule has 4 N–H and O–H groups in total. The van der Waals surface area contributed by atoms with Gasteiger partial charge in [0.1, 0.15) is 4.87 Å². The number of rotatable bonds is 1. The molecule has 1 aliphatic carbocycles. The standard InChI is InChI=1S/C6H10Cl4N2/c7-3-1-2-5(8,4(11)12)6(3,9)10/h3-4H,1-2,11-12H2. The summed E-state index contributed by atoms with van der Waals surface area (Å²) in [6, 6.07) is 0. The quantitative estimate of drug-likeness (QED) is 0.552. The lowest BCUT2D eigenvalue weighted by Crippen LogP contribution is -2.58. The fourth-order valence-corrected chi connectivity index (χ4v) is 2.59. The highest BCUT2D eigenvalue weighted by Crippen LogP contribution is 2.54. The van der Waals surface area contributed by atoms with Gasteiger partial charge in [0.2, 0.25) is 0 Å². The smallest absolute Gasteiger partial charge is 0.156 e. The molecule has 0 amide bonds. The summed E-state index contributed by atoms with van der Waals surface area (Å²) in [6.07, 6.45) is 0.397. The van der Waals surface area contributed by atoms with Crippen LogP contribution in [0.3, 0.4) is 0 Å². The van der Waals surface area contributed by atoms with Gasteiger partial charge in [-0.25, -0.2) is 0 Å². The van der Waals surface area contributed by atoms with Gasteiger partial charge in [0.05, 0.1) is 11.5 Å². The third-order valence-corrected chi connectivity index (χ3v) is 5.14. The highest BCUT2D eigenvalue weighted by atomic mass is 35.5. The monoisotopic (exact) mass is 250 g/mol. The van der Waals surface area contributed by atoms with E-state index in [0.717, 1.165) is 0 Å². The summed E-state index contributed by atoms with van der Waals surface area (Å²) >= 11 is 23.9. The van der Waals surface area contributed by atoms with Crippen molar-refractivity contribution >= 4 is 46.4 Å². The first-order chi connectivity index (χ1) is 5.32. The van der Waals surface area contributed by atoms with E-state index in [-0.39, 0.29) is 0 Å². The first kappa shape index (κ1) is 11.2. The molecule has 0 bridgehead atoms. The Morgan fingerprint density at radius 2 is 1.75 bits per heavy atom. The molecule has 6 heteroatoms. The summed E-state index contributed by atoms with van der Waals surface area (Å²) in [5, 5.41) is -0.395. The molecular formula is C6H10Cl4N2. The second kappa shape index (κ2) is 3.34. The molecule has 1 aliphatic rings. The number of hydrogen-bond donors (Lipinski definition) is 2. The fourth-order valence-electron chi connectivity index (χ4n) is 1.33. The maximum atomic E-state index is 6.09. The molecule has 0 aliphatic heterocycles. The van der Waals surface area contributed by atoms with E-state index in [1.165, 1.54) is 0 Å². The Morgan fingerprint density at radius 3 is 1.92 bits per heavy atom. The van der Waals surface area contributed by atoms with Gasteiger partial charge in [-0.05, 0) is 12.8 Å². The Bertz CT molecular complexity index is 184. The first-order valence-electron chi connectivity index (χ1n) is 3.54. The minimum atomic E-state index is -1.25. The predicted octanol–water partition coefficient (Wildman–Crippen LogP) is 1.78. The van der Waals surface area contributed by atoms with Crippen molar-refractivity contribution in [2.45, 2.75) is 33.6 Å². The molecular weight excluding hydrogens is 242 g/mol. The number of halogens is 4. The Labute approximate surface area is 91.5 Å². The SMILES string of the molecule is NC(N)C1(Cl)CCC(Cl)C1(Cl)Cl. The van der Waals surface area contributed by atoms with Crippen LogP contribution in [0.5, 0.6) is 0 Å². The van der Waals surface area contributed by atoms with E-state index in [2.05, 4.69) is 0 Å². The highest BCUT2D eigenvalue weighted by Gasteiger charge is 2.59. The van der Waals surface area contributed by atoms with Gasteiger partial charge in [0, 0.05) is 0 Å². The molecule has 1 fully saturated rings. The van der Waals surface area contributed by atoms with Crippen LogP contribution < -0.4 is 11.5 Å². The molecule has 0 heterocycles. The van der Waals surface area contributed by atoms with Crippen molar-refractivity contribution in [1.29, 1.82) is 0 Å². The van der Waals surface area contributed by atoms with E-state index < -0.39 is 20.8 Å². The van der Waals surface area contributed by atoms with Crippen LogP contribution in [0.15, 0.2) is 0 Å². The van der Waals surface area contributed by atoms with Crippen LogP contribution >= 0.6 is 46.4 Å². The van der Waals surface area contributed by atoms with Gasteiger partial charge in [-0.2, -0.15) is 0 Å². The molecule has 2 unspecified atom stereocenters. The third-order valence-electron chi connectivity index (χ3n) is 2.24. The predicted molar refractivity (Wildman–Crippen MR) is 54.1 cm³/mol. The van der Waals surface area contributed by atoms with E-state index in [9.17, 15) is 0 Å². The zero-order valence-electron chi connectivity index (χ0n) is 6.24. The van der Waals surface area contributed by atoms with Gasteiger partial charge in [0.25, 0.3) is 0 Å². The number of hydrogen-bond acceptors (Lipinski definition) is 2. The maximum absolute atomic E-state index is 6.09. The van der Waals surface area contributed by atoms with Crippen molar-refractivity contribution in [3.63, 3.8) is 0 Å². The van der Waals surface area contributed by atoms with E-state index in [4.69, 9.17) is 57.9 Å². The summed E-state index contributed by atoms with van der Waals surface area (Å²) in [6.45, 7) is 0. The maximum Gasteiger partial charge on any atom is 0.156 e. The molecule has 2 atom stereocenters. The lowest BCUT2D eigenvalue weighted by Gasteiger charge is -2.35. The topological polar surface area (TPSA) is 52.0 Å². The van der Waals surface area contributed by atoms with Crippen molar-refractivity contribution in [3.05, 3.63) is 0 Å². The van der Waals surface area contributed by atoms with Gasteiger partial charge in [-0.1, -0.05) is 23.2 Å². The minimum absolute atomic E-state index is 0.395. The summed E-state index contributed by atoms with van der Waals surface area (Å²) in [7, 11) is 0. The van der Waals surface area contributed by atoms with E-state index >= 15 is 0 Å². The van der Waals surface area contributed by atoms with Crippen molar-refractivity contribution in [2.75, 3.05) is 0 Å². The average molecular weight is 252 g/mol. The number of alkyl halides is 4. The lowest BCUT2D eigenvalue weighted by atomic mass is 10.0. The largest absolute Gasteiger partial charge is 0.315 e. The lowest BCUT2D eigenvalue weighted by molar-refractivity contribution is 0.463. The Kier molecular flexibility index (Phi) is 3.10. The van der Waals surface area contributed by atoms with Crippen LogP contribution in [-0.2, 0) is 0 Å². The zero-order valence-corrected chi connectivity index (χ0v) is 9.26. The van der Waals surface area contributed by atoms with Crippen LogP contribution in [0.25, 0.3) is 0 Å². The van der Waals surface area contributed by atoms with Crippen molar-refractivity contribution in [2.24, 2.45) is 11.5 Å². The van der Waals surface area contributed by atoms with Gasteiger partial charge < -0.3 is 11.5 Å². The minimum Gasteiger partial charge on any atom is -0.315 e. The van der Waals surface area contributed by atoms with Crippen molar-refractivity contribution < 1.29 is 0 Å². The van der Waals surface area contributed by atoms with E-state index in [1.54, 1.807) is 0 Å². The normalized spacial score (nSPS) is 40.8. The second-order valence-electron chi connectivity index (χ2n) is 3.02. The highest BCUT2D eigenvalue weighted by molar-refractivity contribution is 6.57. The third kappa shape index (κ3) is 1.43. The average Bonchev–Trinajstić information content (AvgIpc) is 2.15. The van der Waals surface area contributed by atoms with Gasteiger partial charge in [-0.3, -0.25) is 0 Å². The fraction of sp³-hybridized carbons (Fsp3) is 1.00. The summed E-state index contributed by atoms with van der Waals surface area (Å²) in [4.78, 5) is -1.01. The van der Waals surface area contributed by atoms with Crippen LogP contribution in [0.4, 0.5) is 0 Å². The Morgan fingerprint density at radius 1 is 1.25 bits per heavy atom. The molecule has 0 aromatic heterocycles. The molecule has 72 valence electrons. The molecule has 12 heavy (non-hydrogen) atoms. The Balaban J connectivity index is 2.93.